The molecule has 2 fully saturated rings. The van der Waals surface area contributed by atoms with E-state index in [0.29, 0.717) is 19.2 Å². The summed E-state index contributed by atoms with van der Waals surface area (Å²) in [6.45, 7) is 2.10. The smallest absolute Gasteiger partial charge is 0.253 e. The van der Waals surface area contributed by atoms with E-state index >= 15 is 0 Å². The topological polar surface area (TPSA) is 41.6 Å². The van der Waals surface area contributed by atoms with Crippen molar-refractivity contribution in [3.8, 4) is 0 Å². The summed E-state index contributed by atoms with van der Waals surface area (Å²) in [6.07, 6.45) is 5.96. The molecule has 1 heterocycles. The molecule has 4 nitrogen and oxygen atoms in total. The van der Waals surface area contributed by atoms with Crippen LogP contribution in [0.5, 0.6) is 0 Å². The van der Waals surface area contributed by atoms with E-state index in [-0.39, 0.29) is 12.0 Å². The Labute approximate surface area is 97.3 Å². The Hall–Kier alpha value is -0.610. The summed E-state index contributed by atoms with van der Waals surface area (Å²) in [5.74, 6) is 0.188. The monoisotopic (exact) mass is 226 g/mol. The van der Waals surface area contributed by atoms with Crippen LogP contribution in [0.1, 0.15) is 32.1 Å². The van der Waals surface area contributed by atoms with Crippen LogP contribution in [0.3, 0.4) is 0 Å². The lowest BCUT2D eigenvalue weighted by Gasteiger charge is -2.39. The predicted molar refractivity (Wildman–Crippen MR) is 62.3 cm³/mol. The molecule has 0 aromatic heterocycles. The van der Waals surface area contributed by atoms with Crippen molar-refractivity contribution in [3.63, 3.8) is 0 Å². The average Bonchev–Trinajstić information content (AvgIpc) is 2.33. The molecule has 2 rings (SSSR count). The lowest BCUT2D eigenvalue weighted by atomic mass is 9.93. The lowest BCUT2D eigenvalue weighted by Crippen LogP contribution is -2.54. The minimum atomic E-state index is -0.263. The van der Waals surface area contributed by atoms with Crippen LogP contribution >= 0.6 is 0 Å². The van der Waals surface area contributed by atoms with Crippen molar-refractivity contribution in [3.05, 3.63) is 0 Å². The van der Waals surface area contributed by atoms with Crippen LogP contribution in [-0.2, 0) is 9.53 Å². The second kappa shape index (κ2) is 5.64. The maximum Gasteiger partial charge on any atom is 0.253 e. The summed E-state index contributed by atoms with van der Waals surface area (Å²) in [7, 11) is 1.86. The normalized spacial score (nSPS) is 28.4. The van der Waals surface area contributed by atoms with E-state index in [2.05, 4.69) is 10.2 Å². The summed E-state index contributed by atoms with van der Waals surface area (Å²) < 4.78 is 5.50. The van der Waals surface area contributed by atoms with Gasteiger partial charge in [-0.05, 0) is 19.9 Å². The largest absolute Gasteiger partial charge is 0.365 e. The summed E-state index contributed by atoms with van der Waals surface area (Å²) in [5, 5.41) is 3.02. The number of amides is 1. The Morgan fingerprint density at radius 3 is 2.81 bits per heavy atom. The highest BCUT2D eigenvalue weighted by Crippen LogP contribution is 2.24. The van der Waals surface area contributed by atoms with Crippen LogP contribution in [0, 0.1) is 0 Å². The van der Waals surface area contributed by atoms with Crippen LogP contribution in [0.4, 0.5) is 0 Å². The first-order valence-electron chi connectivity index (χ1n) is 6.39. The molecule has 1 aliphatic carbocycles. The minimum absolute atomic E-state index is 0.188. The van der Waals surface area contributed by atoms with Crippen LogP contribution in [0.2, 0.25) is 0 Å². The van der Waals surface area contributed by atoms with Gasteiger partial charge < -0.3 is 15.0 Å². The van der Waals surface area contributed by atoms with Gasteiger partial charge in [-0.2, -0.15) is 0 Å². The van der Waals surface area contributed by atoms with Crippen LogP contribution in [0.15, 0.2) is 0 Å². The van der Waals surface area contributed by atoms with Gasteiger partial charge in [-0.3, -0.25) is 4.79 Å². The van der Waals surface area contributed by atoms with Gasteiger partial charge in [-0.15, -0.1) is 0 Å². The summed E-state index contributed by atoms with van der Waals surface area (Å²) >= 11 is 0. The first-order valence-corrected chi connectivity index (χ1v) is 6.39. The first-order chi connectivity index (χ1) is 7.83. The number of carbonyl (C=O) groups excluding carboxylic acids is 1. The second-order valence-corrected chi connectivity index (χ2v) is 4.74. The molecule has 4 heteroatoms. The highest BCUT2D eigenvalue weighted by atomic mass is 16.5. The zero-order valence-corrected chi connectivity index (χ0v) is 10.1. The first kappa shape index (κ1) is 11.9. The number of carbonyl (C=O) groups is 1. The maximum absolute atomic E-state index is 12.2. The zero-order chi connectivity index (χ0) is 11.4. The Morgan fingerprint density at radius 2 is 2.12 bits per heavy atom. The van der Waals surface area contributed by atoms with Gasteiger partial charge in [0.1, 0.15) is 6.10 Å². The number of ether oxygens (including phenoxy) is 1. The van der Waals surface area contributed by atoms with Crippen molar-refractivity contribution in [1.82, 2.24) is 10.2 Å². The fraction of sp³-hybridized carbons (Fsp3) is 0.917. The van der Waals surface area contributed by atoms with Gasteiger partial charge in [0.05, 0.1) is 6.61 Å². The molecule has 0 aromatic carbocycles. The quantitative estimate of drug-likeness (QED) is 0.772. The number of likely N-dealkylation sites (N-methyl/N-ethyl adjacent to an activating group) is 1. The molecule has 16 heavy (non-hydrogen) atoms. The van der Waals surface area contributed by atoms with E-state index < -0.39 is 0 Å². The van der Waals surface area contributed by atoms with E-state index in [4.69, 9.17) is 4.74 Å². The molecule has 1 atom stereocenters. The summed E-state index contributed by atoms with van der Waals surface area (Å²) in [4.78, 5) is 14.2. The summed E-state index contributed by atoms with van der Waals surface area (Å²) in [5.41, 5.74) is 0. The molecule has 1 N–H and O–H groups in total. The van der Waals surface area contributed by atoms with Crippen LogP contribution < -0.4 is 5.32 Å². The molecule has 0 bridgehead atoms. The van der Waals surface area contributed by atoms with E-state index in [1.54, 1.807) is 0 Å². The van der Waals surface area contributed by atoms with Crippen molar-refractivity contribution in [2.45, 2.75) is 44.2 Å². The van der Waals surface area contributed by atoms with Gasteiger partial charge in [-0.25, -0.2) is 0 Å². The molecule has 1 saturated carbocycles. The van der Waals surface area contributed by atoms with Gasteiger partial charge in [0.25, 0.3) is 5.91 Å². The SMILES string of the molecule is CNCC1OCCN(C2CCCCC2)C1=O. The molecule has 1 amide bonds. The van der Waals surface area contributed by atoms with Crippen molar-refractivity contribution >= 4 is 5.91 Å². The van der Waals surface area contributed by atoms with Crippen LogP contribution in [0.25, 0.3) is 0 Å². The highest BCUT2D eigenvalue weighted by Gasteiger charge is 2.33. The van der Waals surface area contributed by atoms with Gasteiger partial charge in [0.15, 0.2) is 0 Å². The third-order valence-electron chi connectivity index (χ3n) is 3.61. The molecule has 1 saturated heterocycles. The molecule has 2 aliphatic rings. The molecular weight excluding hydrogens is 204 g/mol. The van der Waals surface area contributed by atoms with Gasteiger partial charge >= 0.3 is 0 Å². The standard InChI is InChI=1S/C12H22N2O2/c1-13-9-11-12(15)14(7-8-16-11)10-5-3-2-4-6-10/h10-11,13H,2-9H2,1H3. The number of hydrogen-bond donors (Lipinski definition) is 1. The van der Waals surface area contributed by atoms with E-state index in [1.165, 1.54) is 32.1 Å². The van der Waals surface area contributed by atoms with Crippen molar-refractivity contribution in [2.24, 2.45) is 0 Å². The van der Waals surface area contributed by atoms with Crippen molar-refractivity contribution in [2.75, 3.05) is 26.7 Å². The van der Waals surface area contributed by atoms with Crippen LogP contribution in [-0.4, -0.2) is 49.7 Å². The molecule has 1 aliphatic heterocycles. The molecule has 0 spiro atoms. The summed E-state index contributed by atoms with van der Waals surface area (Å²) in [6, 6.07) is 0.476. The fourth-order valence-corrected chi connectivity index (χ4v) is 2.75. The second-order valence-electron chi connectivity index (χ2n) is 4.74. The minimum Gasteiger partial charge on any atom is -0.365 e. The molecule has 1 unspecified atom stereocenters. The highest BCUT2D eigenvalue weighted by molar-refractivity contribution is 5.82. The fourth-order valence-electron chi connectivity index (χ4n) is 2.75. The molecule has 92 valence electrons. The molecule has 0 aromatic rings. The third kappa shape index (κ3) is 2.55. The predicted octanol–water partition coefficient (Wildman–Crippen LogP) is 0.766. The lowest BCUT2D eigenvalue weighted by molar-refractivity contribution is -0.156. The average molecular weight is 226 g/mol. The molecular formula is C12H22N2O2. The van der Waals surface area contributed by atoms with Gasteiger partial charge in [-0.1, -0.05) is 19.3 Å². The Bertz CT molecular complexity index is 237. The van der Waals surface area contributed by atoms with E-state index in [0.717, 1.165) is 6.54 Å². The van der Waals surface area contributed by atoms with Crippen molar-refractivity contribution in [1.29, 1.82) is 0 Å². The maximum atomic E-state index is 12.2. The Balaban J connectivity index is 1.94. The number of morpholine rings is 1. The number of hydrogen-bond acceptors (Lipinski definition) is 3. The van der Waals surface area contributed by atoms with Gasteiger partial charge in [0, 0.05) is 19.1 Å². The van der Waals surface area contributed by atoms with E-state index in [1.807, 2.05) is 7.05 Å². The third-order valence-corrected chi connectivity index (χ3v) is 3.61. The molecule has 0 radical (unpaired) electrons. The number of nitrogens with zero attached hydrogens (tertiary/aromatic N) is 1. The number of nitrogens with one attached hydrogen (secondary N) is 1. The number of rotatable bonds is 3. The Kier molecular flexibility index (Phi) is 4.18. The Morgan fingerprint density at radius 1 is 1.38 bits per heavy atom. The zero-order valence-electron chi connectivity index (χ0n) is 10.1. The van der Waals surface area contributed by atoms with Gasteiger partial charge in [0.2, 0.25) is 0 Å². The van der Waals surface area contributed by atoms with E-state index in [9.17, 15) is 4.79 Å². The van der Waals surface area contributed by atoms with Crippen molar-refractivity contribution < 1.29 is 9.53 Å².